The maximum absolute atomic E-state index is 11.7. The van der Waals surface area contributed by atoms with Gasteiger partial charge in [0, 0.05) is 30.7 Å². The second kappa shape index (κ2) is 5.26. The minimum Gasteiger partial charge on any atom is -0.367 e. The van der Waals surface area contributed by atoms with Gasteiger partial charge in [0.15, 0.2) is 0 Å². The Morgan fingerprint density at radius 1 is 1.50 bits per heavy atom. The summed E-state index contributed by atoms with van der Waals surface area (Å²) in [5, 5.41) is 4.11. The molecule has 3 atom stereocenters. The van der Waals surface area contributed by atoms with Crippen molar-refractivity contribution in [3.8, 4) is 0 Å². The number of nitrogens with one attached hydrogen (secondary N) is 1. The fourth-order valence-electron chi connectivity index (χ4n) is 3.77. The van der Waals surface area contributed by atoms with E-state index < -0.39 is 0 Å². The third-order valence-electron chi connectivity index (χ3n) is 4.67. The monoisotopic (exact) mass is 293 g/mol. The Morgan fingerprint density at radius 3 is 3.00 bits per heavy atom. The average Bonchev–Trinajstić information content (AvgIpc) is 2.97. The first-order valence-electron chi connectivity index (χ1n) is 7.18. The molecule has 108 valence electrons. The molecule has 2 fully saturated rings. The number of fused-ring (bicyclic) bond motifs is 1. The van der Waals surface area contributed by atoms with E-state index in [1.807, 2.05) is 6.07 Å². The third-order valence-corrected chi connectivity index (χ3v) is 4.91. The second-order valence-corrected chi connectivity index (χ2v) is 6.17. The number of carbonyl (C=O) groups is 1. The number of hydrogen-bond acceptors (Lipinski definition) is 3. The lowest BCUT2D eigenvalue weighted by molar-refractivity contribution is 0.100. The molecule has 2 aliphatic heterocycles. The van der Waals surface area contributed by atoms with Crippen molar-refractivity contribution in [3.05, 3.63) is 28.8 Å². The number of anilines is 1. The number of hydrogen-bond donors (Lipinski definition) is 2. The van der Waals surface area contributed by atoms with Crippen molar-refractivity contribution in [1.29, 1.82) is 0 Å². The van der Waals surface area contributed by atoms with E-state index in [4.69, 9.17) is 17.3 Å². The molecule has 2 saturated heterocycles. The number of nitrogens with two attached hydrogens (primary N) is 1. The molecule has 1 aromatic carbocycles. The fraction of sp³-hybridized carbons (Fsp3) is 0.533. The quantitative estimate of drug-likeness (QED) is 0.894. The molecule has 4 nitrogen and oxygen atoms in total. The Balaban J connectivity index is 2.00. The lowest BCUT2D eigenvalue weighted by Crippen LogP contribution is -2.36. The molecule has 3 rings (SSSR count). The van der Waals surface area contributed by atoms with Crippen LogP contribution in [0.4, 0.5) is 5.69 Å². The van der Waals surface area contributed by atoms with E-state index in [2.05, 4.69) is 17.1 Å². The molecular weight excluding hydrogens is 274 g/mol. The summed E-state index contributed by atoms with van der Waals surface area (Å²) in [7, 11) is 0. The maximum atomic E-state index is 11.7. The van der Waals surface area contributed by atoms with Crippen LogP contribution in [0.2, 0.25) is 5.02 Å². The van der Waals surface area contributed by atoms with Crippen molar-refractivity contribution >= 4 is 23.2 Å². The average molecular weight is 294 g/mol. The summed E-state index contributed by atoms with van der Waals surface area (Å²) in [6.45, 7) is 5.29. The van der Waals surface area contributed by atoms with Gasteiger partial charge in [-0.15, -0.1) is 0 Å². The molecule has 3 N–H and O–H groups in total. The van der Waals surface area contributed by atoms with Crippen molar-refractivity contribution in [2.24, 2.45) is 17.6 Å². The molecule has 0 radical (unpaired) electrons. The molecule has 0 saturated carbocycles. The Labute approximate surface area is 124 Å². The largest absolute Gasteiger partial charge is 0.367 e. The highest BCUT2D eigenvalue weighted by Gasteiger charge is 2.43. The van der Waals surface area contributed by atoms with Crippen LogP contribution >= 0.6 is 11.6 Å². The van der Waals surface area contributed by atoms with Gasteiger partial charge in [0.05, 0.1) is 11.3 Å². The van der Waals surface area contributed by atoms with E-state index >= 15 is 0 Å². The van der Waals surface area contributed by atoms with Gasteiger partial charge in [-0.3, -0.25) is 4.79 Å². The molecule has 0 bridgehead atoms. The van der Waals surface area contributed by atoms with Crippen molar-refractivity contribution in [2.75, 3.05) is 24.5 Å². The highest BCUT2D eigenvalue weighted by atomic mass is 35.5. The molecule has 1 aromatic rings. The van der Waals surface area contributed by atoms with Crippen LogP contribution in [-0.2, 0) is 0 Å². The standard InChI is InChI=1S/C15H20ClN3O/c1-2-13-12-7-18-6-9(12)8-19(13)14-5-10(16)3-4-11(14)15(17)20/h3-5,9,12-13,18H,2,6-8H2,1H3,(H2,17,20). The first-order valence-corrected chi connectivity index (χ1v) is 7.56. The van der Waals surface area contributed by atoms with E-state index in [0.29, 0.717) is 28.5 Å². The molecular formula is C15H20ClN3O. The van der Waals surface area contributed by atoms with Crippen molar-refractivity contribution in [2.45, 2.75) is 19.4 Å². The van der Waals surface area contributed by atoms with Crippen LogP contribution in [0, 0.1) is 11.8 Å². The summed E-state index contributed by atoms with van der Waals surface area (Å²) in [4.78, 5) is 14.0. The van der Waals surface area contributed by atoms with Crippen LogP contribution in [-0.4, -0.2) is 31.6 Å². The number of primary amides is 1. The lowest BCUT2D eigenvalue weighted by atomic mass is 9.92. The summed E-state index contributed by atoms with van der Waals surface area (Å²) >= 11 is 6.12. The number of rotatable bonds is 3. The summed E-state index contributed by atoms with van der Waals surface area (Å²) in [6, 6.07) is 5.79. The smallest absolute Gasteiger partial charge is 0.250 e. The molecule has 2 aliphatic rings. The molecule has 5 heteroatoms. The number of nitrogens with zero attached hydrogens (tertiary/aromatic N) is 1. The van der Waals surface area contributed by atoms with Gasteiger partial charge < -0.3 is 16.0 Å². The molecule has 0 aromatic heterocycles. The van der Waals surface area contributed by atoms with Crippen molar-refractivity contribution < 1.29 is 4.79 Å². The number of halogens is 1. The van der Waals surface area contributed by atoms with Crippen LogP contribution in [0.5, 0.6) is 0 Å². The van der Waals surface area contributed by atoms with E-state index in [-0.39, 0.29) is 5.91 Å². The predicted molar refractivity (Wildman–Crippen MR) is 81.2 cm³/mol. The zero-order chi connectivity index (χ0) is 14.3. The van der Waals surface area contributed by atoms with Gasteiger partial charge >= 0.3 is 0 Å². The zero-order valence-corrected chi connectivity index (χ0v) is 12.4. The minimum atomic E-state index is -0.387. The minimum absolute atomic E-state index is 0.387. The number of benzene rings is 1. The van der Waals surface area contributed by atoms with E-state index in [9.17, 15) is 4.79 Å². The van der Waals surface area contributed by atoms with Crippen LogP contribution in [0.1, 0.15) is 23.7 Å². The van der Waals surface area contributed by atoms with Gasteiger partial charge in [0.25, 0.3) is 5.91 Å². The second-order valence-electron chi connectivity index (χ2n) is 5.74. The van der Waals surface area contributed by atoms with E-state index in [1.165, 1.54) is 0 Å². The first-order chi connectivity index (χ1) is 9.61. The number of amides is 1. The van der Waals surface area contributed by atoms with E-state index in [1.54, 1.807) is 12.1 Å². The van der Waals surface area contributed by atoms with Crippen molar-refractivity contribution in [1.82, 2.24) is 5.32 Å². The molecule has 2 heterocycles. The summed E-state index contributed by atoms with van der Waals surface area (Å²) in [5.41, 5.74) is 6.98. The van der Waals surface area contributed by atoms with Crippen LogP contribution in [0.3, 0.4) is 0 Å². The zero-order valence-electron chi connectivity index (χ0n) is 11.6. The van der Waals surface area contributed by atoms with Crippen LogP contribution in [0.15, 0.2) is 18.2 Å². The maximum Gasteiger partial charge on any atom is 0.250 e. The normalized spacial score (nSPS) is 28.7. The molecule has 0 spiro atoms. The molecule has 20 heavy (non-hydrogen) atoms. The Morgan fingerprint density at radius 2 is 2.30 bits per heavy atom. The first kappa shape index (κ1) is 13.7. The fourth-order valence-corrected chi connectivity index (χ4v) is 3.94. The summed E-state index contributed by atoms with van der Waals surface area (Å²) in [6.07, 6.45) is 1.06. The third kappa shape index (κ3) is 2.17. The Bertz CT molecular complexity index is 534. The number of carbonyl (C=O) groups excluding carboxylic acids is 1. The van der Waals surface area contributed by atoms with Gasteiger partial charge in [0.1, 0.15) is 0 Å². The summed E-state index contributed by atoms with van der Waals surface area (Å²) in [5.74, 6) is 0.918. The molecule has 0 aliphatic carbocycles. The highest BCUT2D eigenvalue weighted by molar-refractivity contribution is 6.31. The van der Waals surface area contributed by atoms with Gasteiger partial charge in [-0.25, -0.2) is 0 Å². The van der Waals surface area contributed by atoms with Gasteiger partial charge in [-0.2, -0.15) is 0 Å². The van der Waals surface area contributed by atoms with Gasteiger partial charge in [-0.05, 0) is 36.5 Å². The highest BCUT2D eigenvalue weighted by Crippen LogP contribution is 2.39. The van der Waals surface area contributed by atoms with E-state index in [0.717, 1.165) is 31.7 Å². The van der Waals surface area contributed by atoms with Gasteiger partial charge in [-0.1, -0.05) is 18.5 Å². The van der Waals surface area contributed by atoms with Crippen LogP contribution in [0.25, 0.3) is 0 Å². The van der Waals surface area contributed by atoms with Crippen LogP contribution < -0.4 is 16.0 Å². The van der Waals surface area contributed by atoms with Gasteiger partial charge in [0.2, 0.25) is 0 Å². The Kier molecular flexibility index (Phi) is 3.61. The lowest BCUT2D eigenvalue weighted by Gasteiger charge is -2.30. The summed E-state index contributed by atoms with van der Waals surface area (Å²) < 4.78 is 0. The molecule has 3 unspecified atom stereocenters. The predicted octanol–water partition coefficient (Wildman–Crippen LogP) is 1.87. The topological polar surface area (TPSA) is 58.4 Å². The van der Waals surface area contributed by atoms with Crippen molar-refractivity contribution in [3.63, 3.8) is 0 Å². The SMILES string of the molecule is CCC1C2CNCC2CN1c1cc(Cl)ccc1C(N)=O. The molecule has 1 amide bonds. The Hall–Kier alpha value is -1.26.